The molecule has 1 aromatic carbocycles. The zero-order chi connectivity index (χ0) is 9.80. The molecule has 0 spiro atoms. The van der Waals surface area contributed by atoms with Gasteiger partial charge in [-0.25, -0.2) is 0 Å². The third kappa shape index (κ3) is 1.55. The van der Waals surface area contributed by atoms with Crippen molar-refractivity contribution in [1.29, 1.82) is 5.26 Å². The van der Waals surface area contributed by atoms with Crippen LogP contribution >= 0.6 is 0 Å². The summed E-state index contributed by atoms with van der Waals surface area (Å²) < 4.78 is 10.7. The summed E-state index contributed by atoms with van der Waals surface area (Å²) in [7, 11) is 0. The van der Waals surface area contributed by atoms with Gasteiger partial charge in [0.05, 0.1) is 24.1 Å². The fourth-order valence-electron chi connectivity index (χ4n) is 1.30. The quantitative estimate of drug-likeness (QED) is 0.694. The van der Waals surface area contributed by atoms with E-state index in [1.54, 1.807) is 6.26 Å². The van der Waals surface area contributed by atoms with Crippen LogP contribution in [-0.2, 0) is 0 Å². The van der Waals surface area contributed by atoms with Crippen LogP contribution in [0.25, 0.3) is 11.0 Å². The zero-order valence-corrected chi connectivity index (χ0v) is 7.56. The van der Waals surface area contributed by atoms with E-state index in [-0.39, 0.29) is 0 Å². The average molecular weight is 187 g/mol. The predicted octanol–water partition coefficient (Wildman–Crippen LogP) is 2.73. The summed E-state index contributed by atoms with van der Waals surface area (Å²) >= 11 is 0. The third-order valence-electron chi connectivity index (χ3n) is 1.93. The minimum Gasteiger partial charge on any atom is -0.492 e. The number of fused-ring (bicyclic) bond motifs is 1. The summed E-state index contributed by atoms with van der Waals surface area (Å²) in [5.74, 6) is 0.770. The van der Waals surface area contributed by atoms with E-state index in [2.05, 4.69) is 0 Å². The zero-order valence-electron chi connectivity index (χ0n) is 7.56. The molecule has 0 saturated heterocycles. The Kier molecular flexibility index (Phi) is 2.37. The first-order valence-corrected chi connectivity index (χ1v) is 4.38. The minimum atomic E-state index is 0.397. The predicted molar refractivity (Wildman–Crippen MR) is 51.9 cm³/mol. The van der Waals surface area contributed by atoms with E-state index in [4.69, 9.17) is 14.4 Å². The number of nitriles is 1. The number of hydrogen-bond acceptors (Lipinski definition) is 3. The highest BCUT2D eigenvalue weighted by Gasteiger charge is 2.02. The van der Waals surface area contributed by atoms with Crippen LogP contribution in [0.1, 0.15) is 6.42 Å². The lowest BCUT2D eigenvalue weighted by molar-refractivity contribution is 0.330. The number of hydrogen-bond donors (Lipinski definition) is 0. The van der Waals surface area contributed by atoms with Gasteiger partial charge in [0, 0.05) is 0 Å². The van der Waals surface area contributed by atoms with E-state index >= 15 is 0 Å². The summed E-state index contributed by atoms with van der Waals surface area (Å²) in [6.45, 7) is 0.417. The van der Waals surface area contributed by atoms with Crippen LogP contribution in [0.3, 0.4) is 0 Å². The minimum absolute atomic E-state index is 0.397. The number of benzene rings is 1. The Hall–Kier alpha value is -1.95. The summed E-state index contributed by atoms with van der Waals surface area (Å²) in [6, 6.07) is 9.51. The first-order chi connectivity index (χ1) is 6.92. The van der Waals surface area contributed by atoms with Crippen molar-refractivity contribution in [1.82, 2.24) is 0 Å². The second-order valence-electron chi connectivity index (χ2n) is 2.85. The van der Waals surface area contributed by atoms with Crippen LogP contribution in [-0.4, -0.2) is 6.61 Å². The second kappa shape index (κ2) is 3.84. The smallest absolute Gasteiger partial charge is 0.137 e. The van der Waals surface area contributed by atoms with Crippen molar-refractivity contribution in [2.75, 3.05) is 6.61 Å². The summed E-state index contributed by atoms with van der Waals surface area (Å²) in [5.41, 5.74) is 0.805. The van der Waals surface area contributed by atoms with Crippen molar-refractivity contribution in [3.05, 3.63) is 30.5 Å². The van der Waals surface area contributed by atoms with Crippen LogP contribution in [0.4, 0.5) is 0 Å². The molecule has 0 N–H and O–H groups in total. The van der Waals surface area contributed by atoms with Gasteiger partial charge in [0.25, 0.3) is 0 Å². The molecule has 0 amide bonds. The fraction of sp³-hybridized carbons (Fsp3) is 0.182. The normalized spacial score (nSPS) is 9.93. The van der Waals surface area contributed by atoms with Gasteiger partial charge in [0.15, 0.2) is 0 Å². The first-order valence-electron chi connectivity index (χ1n) is 4.38. The van der Waals surface area contributed by atoms with Gasteiger partial charge in [-0.3, -0.25) is 0 Å². The van der Waals surface area contributed by atoms with Crippen molar-refractivity contribution >= 4 is 11.0 Å². The lowest BCUT2D eigenvalue weighted by Gasteiger charge is -2.03. The van der Waals surface area contributed by atoms with Crippen LogP contribution in [0.2, 0.25) is 0 Å². The molecule has 3 nitrogen and oxygen atoms in total. The Morgan fingerprint density at radius 2 is 2.29 bits per heavy atom. The van der Waals surface area contributed by atoms with Crippen molar-refractivity contribution in [3.8, 4) is 11.8 Å². The van der Waals surface area contributed by atoms with Crippen molar-refractivity contribution in [3.63, 3.8) is 0 Å². The monoisotopic (exact) mass is 187 g/mol. The van der Waals surface area contributed by atoms with E-state index in [1.165, 1.54) is 0 Å². The maximum atomic E-state index is 8.37. The SMILES string of the molecule is N#CCCOc1cccc2occc12. The van der Waals surface area contributed by atoms with Gasteiger partial charge in [-0.05, 0) is 18.2 Å². The van der Waals surface area contributed by atoms with Gasteiger partial charge in [-0.1, -0.05) is 6.07 Å². The van der Waals surface area contributed by atoms with Crippen LogP contribution in [0.5, 0.6) is 5.75 Å². The van der Waals surface area contributed by atoms with Gasteiger partial charge >= 0.3 is 0 Å². The summed E-state index contributed by atoms with van der Waals surface area (Å²) in [5, 5.41) is 9.32. The standard InChI is InChI=1S/C11H9NO2/c12-6-2-7-13-10-3-1-4-11-9(10)5-8-14-11/h1,3-5,8H,2,7H2. The molecule has 0 radical (unpaired) electrons. The molecule has 2 rings (SSSR count). The first kappa shape index (κ1) is 8.64. The van der Waals surface area contributed by atoms with Crippen molar-refractivity contribution in [2.24, 2.45) is 0 Å². The highest BCUT2D eigenvalue weighted by Crippen LogP contribution is 2.26. The third-order valence-corrected chi connectivity index (χ3v) is 1.93. The topological polar surface area (TPSA) is 46.2 Å². The Bertz CT molecular complexity index is 467. The van der Waals surface area contributed by atoms with Crippen molar-refractivity contribution < 1.29 is 9.15 Å². The lowest BCUT2D eigenvalue weighted by atomic mass is 10.2. The lowest BCUT2D eigenvalue weighted by Crippen LogP contribution is -1.95. The molecule has 0 fully saturated rings. The number of rotatable bonds is 3. The Morgan fingerprint density at radius 1 is 1.36 bits per heavy atom. The van der Waals surface area contributed by atoms with Crippen LogP contribution < -0.4 is 4.74 Å². The molecule has 0 aliphatic rings. The highest BCUT2D eigenvalue weighted by molar-refractivity contribution is 5.83. The number of ether oxygens (including phenoxy) is 1. The Morgan fingerprint density at radius 3 is 3.14 bits per heavy atom. The molecule has 70 valence electrons. The molecule has 1 heterocycles. The largest absolute Gasteiger partial charge is 0.492 e. The highest BCUT2D eigenvalue weighted by atomic mass is 16.5. The molecule has 0 saturated carbocycles. The summed E-state index contributed by atoms with van der Waals surface area (Å²) in [6.07, 6.45) is 2.02. The molecule has 0 atom stereocenters. The van der Waals surface area contributed by atoms with Crippen LogP contribution in [0.15, 0.2) is 34.9 Å². The molecule has 14 heavy (non-hydrogen) atoms. The van der Waals surface area contributed by atoms with Gasteiger partial charge in [-0.15, -0.1) is 0 Å². The molecule has 3 heteroatoms. The van der Waals surface area contributed by atoms with Gasteiger partial charge in [0.1, 0.15) is 17.9 Å². The molecule has 1 aromatic heterocycles. The maximum Gasteiger partial charge on any atom is 0.137 e. The Labute approximate surface area is 81.5 Å². The van der Waals surface area contributed by atoms with Crippen molar-refractivity contribution in [2.45, 2.75) is 6.42 Å². The number of furan rings is 1. The summed E-state index contributed by atoms with van der Waals surface area (Å²) in [4.78, 5) is 0. The second-order valence-corrected chi connectivity index (χ2v) is 2.85. The maximum absolute atomic E-state index is 8.37. The van der Waals surface area contributed by atoms with Gasteiger partial charge < -0.3 is 9.15 Å². The molecule has 0 bridgehead atoms. The van der Waals surface area contributed by atoms with Crippen LogP contribution in [0, 0.1) is 11.3 Å². The van der Waals surface area contributed by atoms with E-state index in [9.17, 15) is 0 Å². The van der Waals surface area contributed by atoms with E-state index < -0.39 is 0 Å². The molecular formula is C11H9NO2. The van der Waals surface area contributed by atoms with E-state index in [0.29, 0.717) is 13.0 Å². The molecular weight excluding hydrogens is 178 g/mol. The van der Waals surface area contributed by atoms with E-state index in [1.807, 2.05) is 30.3 Å². The van der Waals surface area contributed by atoms with E-state index in [0.717, 1.165) is 16.7 Å². The average Bonchev–Trinajstić information content (AvgIpc) is 2.67. The molecule has 2 aromatic rings. The fourth-order valence-corrected chi connectivity index (χ4v) is 1.30. The van der Waals surface area contributed by atoms with Gasteiger partial charge in [0.2, 0.25) is 0 Å². The molecule has 0 aliphatic carbocycles. The Balaban J connectivity index is 2.24. The molecule has 0 unspecified atom stereocenters. The number of nitrogens with zero attached hydrogens (tertiary/aromatic N) is 1. The molecule has 0 aliphatic heterocycles. The van der Waals surface area contributed by atoms with Gasteiger partial charge in [-0.2, -0.15) is 5.26 Å².